The average molecular weight is 533 g/mol. The highest BCUT2D eigenvalue weighted by Gasteiger charge is 2.07. The number of hydrogen-bond acceptors (Lipinski definition) is 3. The molecule has 1 atom stereocenters. The average Bonchev–Trinajstić information content (AvgIpc) is 3.18. The summed E-state index contributed by atoms with van der Waals surface area (Å²) in [7, 11) is 1.78. The van der Waals surface area contributed by atoms with Crippen molar-refractivity contribution in [3.05, 3.63) is 83.9 Å². The molecule has 0 aliphatic carbocycles. The zero-order valence-corrected chi connectivity index (χ0v) is 20.7. The van der Waals surface area contributed by atoms with E-state index in [1.807, 2.05) is 43.6 Å². The number of aromatic nitrogens is 2. The highest BCUT2D eigenvalue weighted by atomic mass is 127. The summed E-state index contributed by atoms with van der Waals surface area (Å²) in [6, 6.07) is 18.5. The summed E-state index contributed by atoms with van der Waals surface area (Å²) in [5.74, 6) is 2.70. The van der Waals surface area contributed by atoms with E-state index in [0.29, 0.717) is 6.54 Å². The molecule has 7 heteroatoms. The predicted octanol–water partition coefficient (Wildman–Crippen LogP) is 4.03. The van der Waals surface area contributed by atoms with Crippen LogP contribution in [-0.2, 0) is 13.0 Å². The van der Waals surface area contributed by atoms with Crippen LogP contribution in [0.2, 0.25) is 0 Å². The van der Waals surface area contributed by atoms with Gasteiger partial charge in [-0.05, 0) is 37.1 Å². The Morgan fingerprint density at radius 2 is 1.94 bits per heavy atom. The molecular weight excluding hydrogens is 501 g/mol. The van der Waals surface area contributed by atoms with Crippen molar-refractivity contribution < 1.29 is 4.74 Å². The molecule has 0 bridgehead atoms. The van der Waals surface area contributed by atoms with E-state index in [-0.39, 0.29) is 30.1 Å². The summed E-state index contributed by atoms with van der Waals surface area (Å²) in [6.07, 6.45) is 4.72. The molecule has 166 valence electrons. The van der Waals surface area contributed by atoms with Gasteiger partial charge in [0.25, 0.3) is 0 Å². The quantitative estimate of drug-likeness (QED) is 0.248. The smallest absolute Gasteiger partial charge is 0.191 e. The van der Waals surface area contributed by atoms with Crippen molar-refractivity contribution in [1.29, 1.82) is 0 Å². The highest BCUT2D eigenvalue weighted by Crippen LogP contribution is 2.13. The second kappa shape index (κ2) is 13.0. The minimum absolute atomic E-state index is 0. The first-order valence-corrected chi connectivity index (χ1v) is 10.4. The number of guanidine groups is 1. The third kappa shape index (κ3) is 8.24. The number of benzene rings is 2. The maximum Gasteiger partial charge on any atom is 0.191 e. The molecule has 0 saturated carbocycles. The van der Waals surface area contributed by atoms with Crippen LogP contribution in [0.15, 0.2) is 72.0 Å². The standard InChI is InChI=1S/C24H31N5O.HI/c1-19-8-7-11-22(16-19)30-20(2)17-28-24(25-3)27-13-12-23-26-14-15-29(23)18-21-9-5-4-6-10-21;/h4-11,14-16,20H,12-13,17-18H2,1-3H3,(H2,25,27,28);1H. The minimum Gasteiger partial charge on any atom is -0.489 e. The van der Waals surface area contributed by atoms with Crippen LogP contribution in [0, 0.1) is 6.92 Å². The lowest BCUT2D eigenvalue weighted by Gasteiger charge is -2.18. The number of rotatable bonds is 9. The molecule has 0 spiro atoms. The van der Waals surface area contributed by atoms with Crippen LogP contribution in [0.4, 0.5) is 0 Å². The van der Waals surface area contributed by atoms with Crippen LogP contribution in [0.5, 0.6) is 5.75 Å². The van der Waals surface area contributed by atoms with Gasteiger partial charge in [-0.15, -0.1) is 24.0 Å². The Bertz CT molecular complexity index is 942. The van der Waals surface area contributed by atoms with E-state index in [1.165, 1.54) is 11.1 Å². The number of halogens is 1. The summed E-state index contributed by atoms with van der Waals surface area (Å²) in [5.41, 5.74) is 2.46. The Morgan fingerprint density at radius 1 is 1.13 bits per heavy atom. The van der Waals surface area contributed by atoms with E-state index in [4.69, 9.17) is 4.74 Å². The summed E-state index contributed by atoms with van der Waals surface area (Å²) in [4.78, 5) is 8.81. The lowest BCUT2D eigenvalue weighted by atomic mass is 10.2. The second-order valence-corrected chi connectivity index (χ2v) is 7.33. The predicted molar refractivity (Wildman–Crippen MR) is 138 cm³/mol. The van der Waals surface area contributed by atoms with E-state index in [2.05, 4.69) is 62.4 Å². The molecule has 3 rings (SSSR count). The Kier molecular flexibility index (Phi) is 10.4. The Balaban J connectivity index is 0.00000341. The summed E-state index contributed by atoms with van der Waals surface area (Å²) in [6.45, 7) is 6.35. The number of aryl methyl sites for hydroxylation is 1. The van der Waals surface area contributed by atoms with Crippen molar-refractivity contribution in [1.82, 2.24) is 20.2 Å². The SMILES string of the molecule is CN=C(NCCc1nccn1Cc1ccccc1)NCC(C)Oc1cccc(C)c1.I. The number of imidazole rings is 1. The number of ether oxygens (including phenoxy) is 1. The van der Waals surface area contributed by atoms with E-state index in [0.717, 1.165) is 37.0 Å². The fourth-order valence-electron chi connectivity index (χ4n) is 3.21. The van der Waals surface area contributed by atoms with Crippen molar-refractivity contribution in [3.8, 4) is 5.75 Å². The second-order valence-electron chi connectivity index (χ2n) is 7.33. The fraction of sp³-hybridized carbons (Fsp3) is 0.333. The maximum atomic E-state index is 5.97. The lowest BCUT2D eigenvalue weighted by Crippen LogP contribution is -2.42. The Hall–Kier alpha value is -2.55. The van der Waals surface area contributed by atoms with Crippen molar-refractivity contribution in [2.45, 2.75) is 32.9 Å². The molecule has 1 unspecified atom stereocenters. The van der Waals surface area contributed by atoms with Crippen molar-refractivity contribution >= 4 is 29.9 Å². The van der Waals surface area contributed by atoms with Crippen LogP contribution < -0.4 is 15.4 Å². The van der Waals surface area contributed by atoms with Gasteiger partial charge in [0.15, 0.2) is 5.96 Å². The largest absolute Gasteiger partial charge is 0.489 e. The van der Waals surface area contributed by atoms with Crippen LogP contribution in [0.25, 0.3) is 0 Å². The first-order chi connectivity index (χ1) is 14.6. The summed E-state index contributed by atoms with van der Waals surface area (Å²) in [5, 5.41) is 6.68. The molecule has 2 N–H and O–H groups in total. The summed E-state index contributed by atoms with van der Waals surface area (Å²) < 4.78 is 8.15. The molecule has 1 heterocycles. The van der Waals surface area contributed by atoms with Gasteiger partial charge in [0, 0.05) is 39.0 Å². The number of nitrogens with zero attached hydrogens (tertiary/aromatic N) is 3. The molecule has 3 aromatic rings. The first-order valence-electron chi connectivity index (χ1n) is 10.4. The molecule has 0 aliphatic heterocycles. The topological polar surface area (TPSA) is 63.5 Å². The third-order valence-corrected chi connectivity index (χ3v) is 4.75. The van der Waals surface area contributed by atoms with E-state index in [1.54, 1.807) is 7.05 Å². The molecule has 0 amide bonds. The molecule has 0 fully saturated rings. The van der Waals surface area contributed by atoms with Gasteiger partial charge < -0.3 is 19.9 Å². The fourth-order valence-corrected chi connectivity index (χ4v) is 3.21. The van der Waals surface area contributed by atoms with Gasteiger partial charge in [0.1, 0.15) is 17.7 Å². The monoisotopic (exact) mass is 533 g/mol. The van der Waals surface area contributed by atoms with Gasteiger partial charge in [0.05, 0.1) is 6.54 Å². The molecule has 0 radical (unpaired) electrons. The van der Waals surface area contributed by atoms with Crippen LogP contribution in [0.1, 0.15) is 23.9 Å². The van der Waals surface area contributed by atoms with Crippen molar-refractivity contribution in [2.75, 3.05) is 20.1 Å². The number of nitrogens with one attached hydrogen (secondary N) is 2. The molecule has 0 aliphatic rings. The molecular formula is C24H32IN5O. The number of hydrogen-bond donors (Lipinski definition) is 2. The zero-order valence-electron chi connectivity index (χ0n) is 18.4. The van der Waals surface area contributed by atoms with Crippen molar-refractivity contribution in [3.63, 3.8) is 0 Å². The van der Waals surface area contributed by atoms with E-state index < -0.39 is 0 Å². The Labute approximate surface area is 202 Å². The maximum absolute atomic E-state index is 5.97. The number of aliphatic imine (C=N–C) groups is 1. The van der Waals surface area contributed by atoms with Gasteiger partial charge in [-0.3, -0.25) is 4.99 Å². The van der Waals surface area contributed by atoms with Crippen LogP contribution in [0.3, 0.4) is 0 Å². The van der Waals surface area contributed by atoms with Gasteiger partial charge in [0.2, 0.25) is 0 Å². The van der Waals surface area contributed by atoms with E-state index in [9.17, 15) is 0 Å². The molecule has 0 saturated heterocycles. The molecule has 1 aromatic heterocycles. The molecule has 6 nitrogen and oxygen atoms in total. The van der Waals surface area contributed by atoms with Gasteiger partial charge in [-0.2, -0.15) is 0 Å². The van der Waals surface area contributed by atoms with Gasteiger partial charge in [-0.25, -0.2) is 4.98 Å². The van der Waals surface area contributed by atoms with Crippen LogP contribution >= 0.6 is 24.0 Å². The van der Waals surface area contributed by atoms with Crippen LogP contribution in [-0.4, -0.2) is 41.8 Å². The first kappa shape index (κ1) is 24.7. The highest BCUT2D eigenvalue weighted by molar-refractivity contribution is 14.0. The Morgan fingerprint density at radius 3 is 2.68 bits per heavy atom. The van der Waals surface area contributed by atoms with Gasteiger partial charge in [-0.1, -0.05) is 42.5 Å². The van der Waals surface area contributed by atoms with E-state index >= 15 is 0 Å². The summed E-state index contributed by atoms with van der Waals surface area (Å²) >= 11 is 0. The third-order valence-electron chi connectivity index (χ3n) is 4.75. The minimum atomic E-state index is 0. The lowest BCUT2D eigenvalue weighted by molar-refractivity contribution is 0.223. The molecule has 31 heavy (non-hydrogen) atoms. The molecule has 2 aromatic carbocycles. The normalized spacial score (nSPS) is 12.0. The van der Waals surface area contributed by atoms with Gasteiger partial charge >= 0.3 is 0 Å². The zero-order chi connectivity index (χ0) is 21.2. The van der Waals surface area contributed by atoms with Crippen molar-refractivity contribution in [2.24, 2.45) is 4.99 Å².